The first-order valence-corrected chi connectivity index (χ1v) is 11.8. The second-order valence-electron chi connectivity index (χ2n) is 9.13. The van der Waals surface area contributed by atoms with E-state index in [1.165, 1.54) is 0 Å². The molecule has 1 aliphatic heterocycles. The van der Waals surface area contributed by atoms with Crippen LogP contribution in [0, 0.1) is 5.92 Å². The number of urea groups is 1. The number of carbonyl (C=O) groups is 1. The van der Waals surface area contributed by atoms with Gasteiger partial charge in [-0.05, 0) is 56.0 Å². The molecular weight excluding hydrogens is 438 g/mol. The lowest BCUT2D eigenvalue weighted by atomic mass is 10.0. The average molecular weight is 466 g/mol. The second-order valence-corrected chi connectivity index (χ2v) is 9.57. The third-order valence-electron chi connectivity index (χ3n) is 6.33. The van der Waals surface area contributed by atoms with Crippen LogP contribution in [0.1, 0.15) is 45.3 Å². The van der Waals surface area contributed by atoms with Crippen LogP contribution in [-0.2, 0) is 0 Å². The molecule has 1 saturated heterocycles. The van der Waals surface area contributed by atoms with Gasteiger partial charge >= 0.3 is 6.03 Å². The quantitative estimate of drug-likeness (QED) is 0.535. The van der Waals surface area contributed by atoms with Gasteiger partial charge in [0.2, 0.25) is 5.95 Å². The van der Waals surface area contributed by atoms with Gasteiger partial charge in [0.15, 0.2) is 0 Å². The second kappa shape index (κ2) is 8.67. The van der Waals surface area contributed by atoms with Crippen molar-refractivity contribution >= 4 is 29.4 Å². The van der Waals surface area contributed by atoms with E-state index in [2.05, 4.69) is 29.1 Å². The first-order valence-electron chi connectivity index (χ1n) is 11.4. The Morgan fingerprint density at radius 2 is 1.85 bits per heavy atom. The standard InChI is InChI=1S/C24H28ClN7O/c1-15(2)21-13-31(19-8-9-19)24(33)32(21)22-10-11-26-23(29-22)28-16(3)20-12-30(14-27-20)18-6-4-17(25)5-7-18/h4-7,10-12,14-16,19,21H,8-9,13H2,1-3H3,(H,26,28,29)/t16-,21+/m0/s1. The van der Waals surface area contributed by atoms with Gasteiger partial charge in [-0.15, -0.1) is 0 Å². The first kappa shape index (κ1) is 21.7. The van der Waals surface area contributed by atoms with Crippen LogP contribution < -0.4 is 10.2 Å². The summed E-state index contributed by atoms with van der Waals surface area (Å²) in [6.07, 6.45) is 7.64. The van der Waals surface area contributed by atoms with E-state index in [0.717, 1.165) is 30.8 Å². The van der Waals surface area contributed by atoms with Crippen molar-refractivity contribution in [2.75, 3.05) is 16.8 Å². The molecule has 0 radical (unpaired) electrons. The van der Waals surface area contributed by atoms with Gasteiger partial charge < -0.3 is 14.8 Å². The Kier molecular flexibility index (Phi) is 5.70. The molecule has 2 aliphatic rings. The summed E-state index contributed by atoms with van der Waals surface area (Å²) in [5.74, 6) is 1.44. The Balaban J connectivity index is 1.33. The number of halogens is 1. The minimum atomic E-state index is -0.119. The van der Waals surface area contributed by atoms with E-state index < -0.39 is 0 Å². The van der Waals surface area contributed by atoms with Crippen molar-refractivity contribution in [3.8, 4) is 5.69 Å². The lowest BCUT2D eigenvalue weighted by molar-refractivity contribution is 0.218. The molecule has 0 bridgehead atoms. The number of rotatable bonds is 7. The number of amides is 2. The summed E-state index contributed by atoms with van der Waals surface area (Å²) in [5, 5.41) is 4.03. The maximum Gasteiger partial charge on any atom is 0.326 e. The third-order valence-corrected chi connectivity index (χ3v) is 6.58. The maximum atomic E-state index is 13.2. The van der Waals surface area contributed by atoms with E-state index >= 15 is 0 Å². The van der Waals surface area contributed by atoms with Crippen molar-refractivity contribution in [1.29, 1.82) is 0 Å². The Labute approximate surface area is 198 Å². The fourth-order valence-corrected chi connectivity index (χ4v) is 4.37. The van der Waals surface area contributed by atoms with Crippen LogP contribution in [0.3, 0.4) is 0 Å². The Hall–Kier alpha value is -3.13. The van der Waals surface area contributed by atoms with E-state index in [1.807, 2.05) is 57.8 Å². The molecular formula is C24H28ClN7O. The van der Waals surface area contributed by atoms with Gasteiger partial charge in [0, 0.05) is 35.7 Å². The van der Waals surface area contributed by atoms with Crippen molar-refractivity contribution in [2.45, 2.75) is 51.7 Å². The Bertz CT molecular complexity index is 1140. The molecule has 2 fully saturated rings. The van der Waals surface area contributed by atoms with Gasteiger partial charge in [0.1, 0.15) is 5.82 Å². The van der Waals surface area contributed by atoms with Crippen molar-refractivity contribution in [3.63, 3.8) is 0 Å². The molecule has 1 aromatic carbocycles. The zero-order chi connectivity index (χ0) is 23.1. The molecule has 0 unspecified atom stereocenters. The molecule has 172 valence electrons. The summed E-state index contributed by atoms with van der Waals surface area (Å²) in [6.45, 7) is 7.07. The summed E-state index contributed by atoms with van der Waals surface area (Å²) < 4.78 is 1.95. The molecule has 2 atom stereocenters. The number of benzene rings is 1. The fourth-order valence-electron chi connectivity index (χ4n) is 4.25. The van der Waals surface area contributed by atoms with Gasteiger partial charge in [-0.25, -0.2) is 14.8 Å². The van der Waals surface area contributed by atoms with Gasteiger partial charge in [-0.1, -0.05) is 25.4 Å². The summed E-state index contributed by atoms with van der Waals surface area (Å²) in [6, 6.07) is 9.84. The van der Waals surface area contributed by atoms with Crippen molar-refractivity contribution < 1.29 is 4.79 Å². The molecule has 9 heteroatoms. The predicted octanol–water partition coefficient (Wildman–Crippen LogP) is 4.92. The number of hydrogen-bond donors (Lipinski definition) is 1. The minimum Gasteiger partial charge on any atom is -0.346 e. The highest BCUT2D eigenvalue weighted by Crippen LogP contribution is 2.35. The van der Waals surface area contributed by atoms with Crippen LogP contribution in [0.15, 0.2) is 49.1 Å². The van der Waals surface area contributed by atoms with Crippen LogP contribution >= 0.6 is 11.6 Å². The SMILES string of the molecule is CC(C)[C@H]1CN(C2CC2)C(=O)N1c1ccnc(N[C@@H](C)c2cn(-c3ccc(Cl)cc3)cn2)n1. The first-order chi connectivity index (χ1) is 15.9. The van der Waals surface area contributed by atoms with E-state index in [0.29, 0.717) is 28.7 Å². The van der Waals surface area contributed by atoms with Crippen LogP contribution in [-0.4, -0.2) is 49.1 Å². The molecule has 8 nitrogen and oxygen atoms in total. The van der Waals surface area contributed by atoms with E-state index in [9.17, 15) is 4.79 Å². The van der Waals surface area contributed by atoms with Crippen LogP contribution in [0.25, 0.3) is 5.69 Å². The van der Waals surface area contributed by atoms with Gasteiger partial charge in [-0.2, -0.15) is 4.98 Å². The molecule has 1 saturated carbocycles. The molecule has 3 aromatic rings. The average Bonchev–Trinajstić information content (AvgIpc) is 3.40. The Morgan fingerprint density at radius 3 is 2.55 bits per heavy atom. The molecule has 5 rings (SSSR count). The summed E-state index contributed by atoms with van der Waals surface area (Å²) in [7, 11) is 0. The number of aromatic nitrogens is 4. The topological polar surface area (TPSA) is 79.2 Å². The Morgan fingerprint density at radius 1 is 1.09 bits per heavy atom. The number of imidazole rings is 1. The van der Waals surface area contributed by atoms with Gasteiger partial charge in [0.05, 0.1) is 24.1 Å². The molecule has 0 spiro atoms. The molecule has 2 aromatic heterocycles. The van der Waals surface area contributed by atoms with Crippen molar-refractivity contribution in [1.82, 2.24) is 24.4 Å². The normalized spacial score (nSPS) is 19.4. The van der Waals surface area contributed by atoms with E-state index in [4.69, 9.17) is 16.6 Å². The molecule has 1 aliphatic carbocycles. The third kappa shape index (κ3) is 4.39. The smallest absolute Gasteiger partial charge is 0.326 e. The molecule has 1 N–H and O–H groups in total. The van der Waals surface area contributed by atoms with Gasteiger partial charge in [-0.3, -0.25) is 4.90 Å². The van der Waals surface area contributed by atoms with Crippen LogP contribution in [0.5, 0.6) is 0 Å². The predicted molar refractivity (Wildman–Crippen MR) is 129 cm³/mol. The largest absolute Gasteiger partial charge is 0.346 e. The van der Waals surface area contributed by atoms with E-state index in [1.54, 1.807) is 12.5 Å². The van der Waals surface area contributed by atoms with Crippen molar-refractivity contribution in [2.24, 2.45) is 5.92 Å². The minimum absolute atomic E-state index is 0.0515. The molecule has 2 amide bonds. The number of anilines is 2. The van der Waals surface area contributed by atoms with E-state index in [-0.39, 0.29) is 18.1 Å². The summed E-state index contributed by atoms with van der Waals surface area (Å²) in [4.78, 5) is 30.6. The highest BCUT2D eigenvalue weighted by Gasteiger charge is 2.46. The summed E-state index contributed by atoms with van der Waals surface area (Å²) in [5.41, 5.74) is 1.84. The number of hydrogen-bond acceptors (Lipinski definition) is 5. The lowest BCUT2D eigenvalue weighted by Gasteiger charge is -2.25. The van der Waals surface area contributed by atoms with Gasteiger partial charge in [0.25, 0.3) is 0 Å². The molecule has 3 heterocycles. The van der Waals surface area contributed by atoms with Crippen LogP contribution in [0.2, 0.25) is 5.02 Å². The highest BCUT2D eigenvalue weighted by molar-refractivity contribution is 6.30. The lowest BCUT2D eigenvalue weighted by Crippen LogP contribution is -2.38. The fraction of sp³-hybridized carbons (Fsp3) is 0.417. The van der Waals surface area contributed by atoms with Crippen LogP contribution in [0.4, 0.5) is 16.6 Å². The summed E-state index contributed by atoms with van der Waals surface area (Å²) >= 11 is 5.99. The monoisotopic (exact) mass is 465 g/mol. The highest BCUT2D eigenvalue weighted by atomic mass is 35.5. The zero-order valence-corrected chi connectivity index (χ0v) is 19.8. The zero-order valence-electron chi connectivity index (χ0n) is 19.0. The molecule has 33 heavy (non-hydrogen) atoms. The number of nitrogens with one attached hydrogen (secondary N) is 1. The number of carbonyl (C=O) groups excluding carboxylic acids is 1. The number of nitrogens with zero attached hydrogens (tertiary/aromatic N) is 6. The maximum absolute atomic E-state index is 13.2. The van der Waals surface area contributed by atoms with Crippen molar-refractivity contribution in [3.05, 3.63) is 59.8 Å².